The number of hydrogen-bond acceptors (Lipinski definition) is 4. The number of hydrogen-bond donors (Lipinski definition) is 1. The smallest absolute Gasteiger partial charge is 0.337 e. The molecule has 0 atom stereocenters. The minimum absolute atomic E-state index is 0.0273. The monoisotopic (exact) mass is 372 g/mol. The van der Waals surface area contributed by atoms with E-state index in [2.05, 4.69) is 4.99 Å². The molecule has 5 nitrogen and oxygen atoms in total. The molecule has 126 valence electrons. The maximum Gasteiger partial charge on any atom is 0.337 e. The van der Waals surface area contributed by atoms with Crippen molar-refractivity contribution < 1.29 is 14.7 Å². The number of amides is 1. The number of carbonyl (C=O) groups is 2. The molecule has 0 spiro atoms. The van der Waals surface area contributed by atoms with E-state index in [0.29, 0.717) is 15.8 Å². The Balaban J connectivity index is 1.92. The first-order valence-electron chi connectivity index (χ1n) is 7.30. The van der Waals surface area contributed by atoms with Crippen molar-refractivity contribution in [1.29, 1.82) is 0 Å². The second kappa shape index (κ2) is 7.13. The Morgan fingerprint density at radius 3 is 2.64 bits per heavy atom. The van der Waals surface area contributed by atoms with Gasteiger partial charge in [-0.3, -0.25) is 9.69 Å². The van der Waals surface area contributed by atoms with Crippen molar-refractivity contribution in [2.75, 3.05) is 7.05 Å². The van der Waals surface area contributed by atoms with E-state index in [9.17, 15) is 9.59 Å². The van der Waals surface area contributed by atoms with E-state index in [-0.39, 0.29) is 16.5 Å². The average molecular weight is 373 g/mol. The summed E-state index contributed by atoms with van der Waals surface area (Å²) in [4.78, 5) is 29.9. The summed E-state index contributed by atoms with van der Waals surface area (Å²) in [5.41, 5.74) is 1.32. The number of aromatic carboxylic acids is 1. The molecule has 1 amide bonds. The van der Waals surface area contributed by atoms with Crippen LogP contribution < -0.4 is 0 Å². The topological polar surface area (TPSA) is 70.0 Å². The summed E-state index contributed by atoms with van der Waals surface area (Å²) in [6.07, 6.45) is 1.80. The van der Waals surface area contributed by atoms with Gasteiger partial charge in [0.1, 0.15) is 0 Å². The minimum atomic E-state index is -1.12. The Hall–Kier alpha value is -2.57. The fourth-order valence-electron chi connectivity index (χ4n) is 2.21. The molecule has 7 heteroatoms. The molecule has 1 aliphatic heterocycles. The predicted octanol–water partition coefficient (Wildman–Crippen LogP) is 4.27. The number of thioether (sulfide) groups is 1. The second-order valence-corrected chi connectivity index (χ2v) is 6.67. The Labute approximate surface area is 153 Å². The summed E-state index contributed by atoms with van der Waals surface area (Å²) in [6.45, 7) is 0. The summed E-state index contributed by atoms with van der Waals surface area (Å²) in [5.74, 6) is -1.28. The van der Waals surface area contributed by atoms with Crippen molar-refractivity contribution in [3.8, 4) is 0 Å². The summed E-state index contributed by atoms with van der Waals surface area (Å²) < 4.78 is 0. The van der Waals surface area contributed by atoms with Gasteiger partial charge in [-0.2, -0.15) is 0 Å². The summed E-state index contributed by atoms with van der Waals surface area (Å²) >= 11 is 7.11. The van der Waals surface area contributed by atoms with Crippen LogP contribution in [0.25, 0.3) is 6.08 Å². The molecule has 3 rings (SSSR count). The van der Waals surface area contributed by atoms with Crippen LogP contribution in [0.1, 0.15) is 15.9 Å². The first-order chi connectivity index (χ1) is 12.0. The van der Waals surface area contributed by atoms with Crippen molar-refractivity contribution in [1.82, 2.24) is 4.90 Å². The number of halogens is 1. The quantitative estimate of drug-likeness (QED) is 0.817. The first kappa shape index (κ1) is 17.3. The van der Waals surface area contributed by atoms with Gasteiger partial charge in [-0.1, -0.05) is 41.9 Å². The van der Waals surface area contributed by atoms with E-state index in [1.54, 1.807) is 19.2 Å². The molecule has 2 aromatic carbocycles. The summed E-state index contributed by atoms with van der Waals surface area (Å²) in [5, 5.41) is 9.76. The molecular formula is C18H13ClN2O3S. The number of benzene rings is 2. The molecule has 0 saturated carbocycles. The Kier molecular flexibility index (Phi) is 4.92. The number of amidine groups is 1. The lowest BCUT2D eigenvalue weighted by Crippen LogP contribution is -2.23. The molecule has 0 aromatic heterocycles. The largest absolute Gasteiger partial charge is 0.478 e. The first-order valence-corrected chi connectivity index (χ1v) is 8.49. The van der Waals surface area contributed by atoms with E-state index < -0.39 is 5.97 Å². The summed E-state index contributed by atoms with van der Waals surface area (Å²) in [6, 6.07) is 14.0. The van der Waals surface area contributed by atoms with Crippen LogP contribution in [0.5, 0.6) is 0 Å². The molecule has 2 aromatic rings. The number of rotatable bonds is 3. The third-order valence-corrected chi connectivity index (χ3v) is 4.90. The second-order valence-electron chi connectivity index (χ2n) is 5.25. The minimum Gasteiger partial charge on any atom is -0.478 e. The van der Waals surface area contributed by atoms with Crippen LogP contribution in [0.2, 0.25) is 5.02 Å². The number of likely N-dealkylation sites (N-methyl/N-ethyl adjacent to an activating group) is 1. The van der Waals surface area contributed by atoms with Gasteiger partial charge in [0.15, 0.2) is 5.17 Å². The SMILES string of the molecule is CN1C(=O)C(=Cc2ccccc2)SC1=Nc1ccc(Cl)c(C(=O)O)c1. The lowest BCUT2D eigenvalue weighted by atomic mass is 10.2. The number of nitrogens with zero attached hydrogens (tertiary/aromatic N) is 2. The third kappa shape index (κ3) is 3.75. The fraction of sp³-hybridized carbons (Fsp3) is 0.0556. The fourth-order valence-corrected chi connectivity index (χ4v) is 3.39. The molecule has 0 radical (unpaired) electrons. The zero-order chi connectivity index (χ0) is 18.0. The van der Waals surface area contributed by atoms with Gasteiger partial charge in [0.25, 0.3) is 5.91 Å². The van der Waals surface area contributed by atoms with E-state index >= 15 is 0 Å². The van der Waals surface area contributed by atoms with Crippen LogP contribution in [-0.4, -0.2) is 34.1 Å². The lowest BCUT2D eigenvalue weighted by Gasteiger charge is -2.07. The van der Waals surface area contributed by atoms with Gasteiger partial charge >= 0.3 is 5.97 Å². The maximum atomic E-state index is 12.4. The highest BCUT2D eigenvalue weighted by Crippen LogP contribution is 2.33. The van der Waals surface area contributed by atoms with Gasteiger partial charge in [-0.25, -0.2) is 9.79 Å². The standard InChI is InChI=1S/C18H13ClN2O3S/c1-21-16(22)15(9-11-5-3-2-4-6-11)25-18(21)20-12-7-8-14(19)13(10-12)17(23)24/h2-10H,1H3,(H,23,24). The van der Waals surface area contributed by atoms with Gasteiger partial charge < -0.3 is 5.11 Å². The van der Waals surface area contributed by atoms with Crippen molar-refractivity contribution in [2.45, 2.75) is 0 Å². The van der Waals surface area contributed by atoms with Crippen LogP contribution >= 0.6 is 23.4 Å². The normalized spacial score (nSPS) is 17.5. The zero-order valence-electron chi connectivity index (χ0n) is 13.1. The highest BCUT2D eigenvalue weighted by Gasteiger charge is 2.30. The third-order valence-electron chi connectivity index (χ3n) is 3.51. The van der Waals surface area contributed by atoms with Gasteiger partial charge in [0.05, 0.1) is 21.2 Å². The summed E-state index contributed by atoms with van der Waals surface area (Å²) in [7, 11) is 1.63. The lowest BCUT2D eigenvalue weighted by molar-refractivity contribution is -0.121. The highest BCUT2D eigenvalue weighted by molar-refractivity contribution is 8.18. The van der Waals surface area contributed by atoms with Crippen LogP contribution in [0, 0.1) is 0 Å². The Morgan fingerprint density at radius 1 is 1.24 bits per heavy atom. The van der Waals surface area contributed by atoms with Crippen LogP contribution in [0.4, 0.5) is 5.69 Å². The molecule has 1 fully saturated rings. The molecule has 1 aliphatic rings. The van der Waals surface area contributed by atoms with Crippen LogP contribution in [-0.2, 0) is 4.79 Å². The van der Waals surface area contributed by atoms with Crippen molar-refractivity contribution in [3.05, 3.63) is 69.6 Å². The molecule has 1 N–H and O–H groups in total. The molecule has 1 heterocycles. The molecule has 25 heavy (non-hydrogen) atoms. The molecule has 1 saturated heterocycles. The van der Waals surface area contributed by atoms with Crippen molar-refractivity contribution in [3.63, 3.8) is 0 Å². The number of carboxylic acid groups (broad SMARTS) is 1. The average Bonchev–Trinajstić information content (AvgIpc) is 2.85. The highest BCUT2D eigenvalue weighted by atomic mass is 35.5. The van der Waals surface area contributed by atoms with E-state index in [4.69, 9.17) is 16.7 Å². The molecule has 0 aliphatic carbocycles. The number of carboxylic acids is 1. The maximum absolute atomic E-state index is 12.4. The van der Waals surface area contributed by atoms with E-state index in [1.165, 1.54) is 28.8 Å². The molecule has 0 bridgehead atoms. The van der Waals surface area contributed by atoms with Gasteiger partial charge in [-0.15, -0.1) is 0 Å². The van der Waals surface area contributed by atoms with Gasteiger partial charge in [0.2, 0.25) is 0 Å². The molecular weight excluding hydrogens is 360 g/mol. The van der Waals surface area contributed by atoms with Crippen molar-refractivity contribution >= 4 is 52.2 Å². The zero-order valence-corrected chi connectivity index (χ0v) is 14.7. The Morgan fingerprint density at radius 2 is 1.96 bits per heavy atom. The Bertz CT molecular complexity index is 910. The van der Waals surface area contributed by atoms with Gasteiger partial charge in [0, 0.05) is 7.05 Å². The predicted molar refractivity (Wildman–Crippen MR) is 100 cm³/mol. The van der Waals surface area contributed by atoms with Crippen molar-refractivity contribution in [2.24, 2.45) is 4.99 Å². The van der Waals surface area contributed by atoms with Crippen LogP contribution in [0.15, 0.2) is 58.4 Å². The van der Waals surface area contributed by atoms with E-state index in [1.807, 2.05) is 30.3 Å². The van der Waals surface area contributed by atoms with E-state index in [0.717, 1.165) is 5.56 Å². The number of carbonyl (C=O) groups excluding carboxylic acids is 1. The molecule has 0 unspecified atom stereocenters. The number of aliphatic imine (C=N–C) groups is 1. The van der Waals surface area contributed by atoms with Crippen LogP contribution in [0.3, 0.4) is 0 Å². The van der Waals surface area contributed by atoms with Gasteiger partial charge in [-0.05, 0) is 41.6 Å².